The molecule has 2 unspecified atom stereocenters. The number of aromatic nitrogens is 1. The van der Waals surface area contributed by atoms with E-state index in [1.165, 1.54) is 12.1 Å². The van der Waals surface area contributed by atoms with Crippen LogP contribution in [0.15, 0.2) is 42.6 Å². The fourth-order valence-corrected chi connectivity index (χ4v) is 2.49. The summed E-state index contributed by atoms with van der Waals surface area (Å²) in [5.41, 5.74) is 8.27. The Balaban J connectivity index is 1.64. The number of nitrogens with one attached hydrogen (secondary N) is 3. The number of pyridine rings is 1. The molecule has 22 heavy (non-hydrogen) atoms. The Morgan fingerprint density at radius 2 is 2.18 bits per heavy atom. The summed E-state index contributed by atoms with van der Waals surface area (Å²) in [6, 6.07) is 9.62. The van der Waals surface area contributed by atoms with Crippen LogP contribution in [-0.4, -0.2) is 16.9 Å². The number of halogens is 1. The molecule has 1 aliphatic heterocycles. The van der Waals surface area contributed by atoms with Crippen LogP contribution in [0.5, 0.6) is 0 Å². The largest absolute Gasteiger partial charge is 0.324 e. The molecule has 114 valence electrons. The van der Waals surface area contributed by atoms with E-state index >= 15 is 0 Å². The summed E-state index contributed by atoms with van der Waals surface area (Å²) in [7, 11) is 0. The van der Waals surface area contributed by atoms with E-state index in [1.54, 1.807) is 19.2 Å². The van der Waals surface area contributed by atoms with Gasteiger partial charge in [0.25, 0.3) is 0 Å². The molecule has 1 aromatic heterocycles. The lowest BCUT2D eigenvalue weighted by molar-refractivity contribution is -0.117. The molecule has 0 bridgehead atoms. The third-order valence-electron chi connectivity index (χ3n) is 3.71. The maximum Gasteiger partial charge on any atom is 0.242 e. The highest BCUT2D eigenvalue weighted by molar-refractivity contribution is 5.95. The molecule has 0 spiro atoms. The monoisotopic (exact) mass is 300 g/mol. The zero-order chi connectivity index (χ0) is 15.5. The maximum atomic E-state index is 13.1. The highest BCUT2D eigenvalue weighted by Gasteiger charge is 2.30. The van der Waals surface area contributed by atoms with Crippen LogP contribution in [-0.2, 0) is 4.79 Å². The van der Waals surface area contributed by atoms with Gasteiger partial charge < -0.3 is 5.32 Å². The van der Waals surface area contributed by atoms with Gasteiger partial charge in [0, 0.05) is 11.9 Å². The molecule has 1 aromatic carbocycles. The van der Waals surface area contributed by atoms with Gasteiger partial charge in [0.2, 0.25) is 5.91 Å². The summed E-state index contributed by atoms with van der Waals surface area (Å²) in [5, 5.41) is 2.82. The Morgan fingerprint density at radius 3 is 2.91 bits per heavy atom. The van der Waals surface area contributed by atoms with E-state index in [-0.39, 0.29) is 23.8 Å². The van der Waals surface area contributed by atoms with Crippen LogP contribution in [0, 0.1) is 12.7 Å². The Labute approximate surface area is 127 Å². The molecule has 2 atom stereocenters. The third kappa shape index (κ3) is 3.13. The number of hydrogen-bond acceptors (Lipinski definition) is 4. The van der Waals surface area contributed by atoms with Gasteiger partial charge in [0.1, 0.15) is 11.9 Å². The Morgan fingerprint density at radius 1 is 1.32 bits per heavy atom. The van der Waals surface area contributed by atoms with Gasteiger partial charge in [-0.3, -0.25) is 9.78 Å². The highest BCUT2D eigenvalue weighted by Crippen LogP contribution is 2.22. The average molecular weight is 300 g/mol. The predicted octanol–water partition coefficient (Wildman–Crippen LogP) is 2.08. The molecular formula is C16H17FN4O. The van der Waals surface area contributed by atoms with Crippen molar-refractivity contribution in [3.05, 3.63) is 59.7 Å². The number of nitrogens with zero attached hydrogens (tertiary/aromatic N) is 1. The molecule has 1 aliphatic rings. The first kappa shape index (κ1) is 14.6. The molecule has 5 nitrogen and oxygen atoms in total. The smallest absolute Gasteiger partial charge is 0.242 e. The zero-order valence-corrected chi connectivity index (χ0v) is 12.1. The van der Waals surface area contributed by atoms with Crippen LogP contribution < -0.4 is 16.2 Å². The van der Waals surface area contributed by atoms with Crippen molar-refractivity contribution in [2.24, 2.45) is 0 Å². The summed E-state index contributed by atoms with van der Waals surface area (Å²) < 4.78 is 13.1. The van der Waals surface area contributed by atoms with Gasteiger partial charge in [0.05, 0.1) is 11.7 Å². The number of benzene rings is 1. The van der Waals surface area contributed by atoms with E-state index < -0.39 is 0 Å². The van der Waals surface area contributed by atoms with Crippen LogP contribution in [0.1, 0.15) is 23.7 Å². The molecule has 1 amide bonds. The van der Waals surface area contributed by atoms with Crippen LogP contribution >= 0.6 is 0 Å². The third-order valence-corrected chi connectivity index (χ3v) is 3.71. The lowest BCUT2D eigenvalue weighted by atomic mass is 10.1. The number of aryl methyl sites for hydroxylation is 1. The lowest BCUT2D eigenvalue weighted by Crippen LogP contribution is -2.39. The molecule has 0 aliphatic carbocycles. The highest BCUT2D eigenvalue weighted by atomic mass is 19.1. The second kappa shape index (κ2) is 6.21. The molecule has 6 heteroatoms. The van der Waals surface area contributed by atoms with Crippen LogP contribution in [0.25, 0.3) is 0 Å². The molecule has 0 saturated carbocycles. The summed E-state index contributed by atoms with van der Waals surface area (Å²) in [6.45, 7) is 1.76. The van der Waals surface area contributed by atoms with E-state index in [2.05, 4.69) is 21.2 Å². The SMILES string of the molecule is Cc1cc(F)ccc1NC(=O)C1CC(c2ccccn2)NN1. The molecule has 0 radical (unpaired) electrons. The Kier molecular flexibility index (Phi) is 4.13. The van der Waals surface area contributed by atoms with E-state index in [1.807, 2.05) is 18.2 Å². The minimum absolute atomic E-state index is 0.00809. The van der Waals surface area contributed by atoms with Crippen molar-refractivity contribution in [1.29, 1.82) is 0 Å². The second-order valence-corrected chi connectivity index (χ2v) is 5.33. The van der Waals surface area contributed by atoms with Crippen molar-refractivity contribution in [1.82, 2.24) is 15.8 Å². The molecule has 2 aromatic rings. The van der Waals surface area contributed by atoms with Crippen molar-refractivity contribution in [3.8, 4) is 0 Å². The summed E-state index contributed by atoms with van der Waals surface area (Å²) in [4.78, 5) is 16.6. The first-order valence-corrected chi connectivity index (χ1v) is 7.12. The van der Waals surface area contributed by atoms with Gasteiger partial charge in [-0.05, 0) is 49.2 Å². The topological polar surface area (TPSA) is 66.0 Å². The van der Waals surface area contributed by atoms with Crippen molar-refractivity contribution >= 4 is 11.6 Å². The number of anilines is 1. The van der Waals surface area contributed by atoms with E-state index in [0.717, 1.165) is 5.69 Å². The molecule has 2 heterocycles. The van der Waals surface area contributed by atoms with Crippen molar-refractivity contribution < 1.29 is 9.18 Å². The number of carbonyl (C=O) groups is 1. The molecule has 1 saturated heterocycles. The standard InChI is InChI=1S/C16H17FN4O/c1-10-8-11(17)5-6-12(10)19-16(22)15-9-14(20-21-15)13-4-2-3-7-18-13/h2-8,14-15,20-21H,9H2,1H3,(H,19,22). The first-order valence-electron chi connectivity index (χ1n) is 7.12. The van der Waals surface area contributed by atoms with Crippen molar-refractivity contribution in [2.45, 2.75) is 25.4 Å². The number of hydrazine groups is 1. The first-order chi connectivity index (χ1) is 10.6. The van der Waals surface area contributed by atoms with Crippen LogP contribution in [0.3, 0.4) is 0 Å². The van der Waals surface area contributed by atoms with E-state index in [9.17, 15) is 9.18 Å². The summed E-state index contributed by atoms with van der Waals surface area (Å²) >= 11 is 0. The van der Waals surface area contributed by atoms with Gasteiger partial charge in [-0.1, -0.05) is 6.07 Å². The number of rotatable bonds is 3. The average Bonchev–Trinajstić information content (AvgIpc) is 3.01. The molecule has 1 fully saturated rings. The lowest BCUT2D eigenvalue weighted by Gasteiger charge is -2.12. The second-order valence-electron chi connectivity index (χ2n) is 5.33. The maximum absolute atomic E-state index is 13.1. The normalized spacial score (nSPS) is 20.8. The minimum Gasteiger partial charge on any atom is -0.324 e. The quantitative estimate of drug-likeness (QED) is 0.812. The number of amides is 1. The van der Waals surface area contributed by atoms with Gasteiger partial charge in [-0.15, -0.1) is 0 Å². The summed E-state index contributed by atoms with van der Waals surface area (Å²) in [5.74, 6) is -0.466. The molecule has 3 N–H and O–H groups in total. The van der Waals surface area contributed by atoms with Gasteiger partial charge >= 0.3 is 0 Å². The van der Waals surface area contributed by atoms with Gasteiger partial charge in [-0.25, -0.2) is 15.2 Å². The zero-order valence-electron chi connectivity index (χ0n) is 12.1. The van der Waals surface area contributed by atoms with Crippen LogP contribution in [0.2, 0.25) is 0 Å². The number of hydrogen-bond donors (Lipinski definition) is 3. The van der Waals surface area contributed by atoms with Gasteiger partial charge in [0.15, 0.2) is 0 Å². The fraction of sp³-hybridized carbons (Fsp3) is 0.250. The molecular weight excluding hydrogens is 283 g/mol. The Hall–Kier alpha value is -2.31. The van der Waals surface area contributed by atoms with E-state index in [0.29, 0.717) is 17.7 Å². The Bertz CT molecular complexity index is 677. The molecule has 3 rings (SSSR count). The van der Waals surface area contributed by atoms with E-state index in [4.69, 9.17) is 0 Å². The predicted molar refractivity (Wildman–Crippen MR) is 81.4 cm³/mol. The van der Waals surface area contributed by atoms with Gasteiger partial charge in [-0.2, -0.15) is 0 Å². The fourth-order valence-electron chi connectivity index (χ4n) is 2.49. The van der Waals surface area contributed by atoms with Crippen molar-refractivity contribution in [3.63, 3.8) is 0 Å². The minimum atomic E-state index is -0.364. The van der Waals surface area contributed by atoms with Crippen LogP contribution in [0.4, 0.5) is 10.1 Å². The number of carbonyl (C=O) groups excluding carboxylic acids is 1. The van der Waals surface area contributed by atoms with Crippen molar-refractivity contribution in [2.75, 3.05) is 5.32 Å². The summed E-state index contributed by atoms with van der Waals surface area (Å²) in [6.07, 6.45) is 2.33.